The van der Waals surface area contributed by atoms with Gasteiger partial charge in [-0.25, -0.2) is 8.78 Å². The van der Waals surface area contributed by atoms with Crippen molar-refractivity contribution in [3.05, 3.63) is 70.8 Å². The van der Waals surface area contributed by atoms with E-state index < -0.39 is 17.0 Å². The summed E-state index contributed by atoms with van der Waals surface area (Å²) in [5.41, 5.74) is 2.11. The summed E-state index contributed by atoms with van der Waals surface area (Å²) in [6, 6.07) is 11.0. The summed E-state index contributed by atoms with van der Waals surface area (Å²) in [5, 5.41) is -0.408. The van der Waals surface area contributed by atoms with Crippen molar-refractivity contribution in [3.63, 3.8) is 0 Å². The van der Waals surface area contributed by atoms with E-state index in [0.717, 1.165) is 18.2 Å². The summed E-state index contributed by atoms with van der Waals surface area (Å²) in [6.07, 6.45) is 0.914. The molecule has 1 atom stereocenters. The van der Waals surface area contributed by atoms with E-state index in [4.69, 9.17) is 0 Å². The number of aryl methyl sites for hydroxylation is 1. The minimum Gasteiger partial charge on any atom is -0.322 e. The molecule has 0 unspecified atom stereocenters. The second-order valence-corrected chi connectivity index (χ2v) is 6.63. The SMILES string of the molecule is CCc1ccc(C(=O)N2CCS[C@@H]2c2ccc(F)cc2F)cc1. The number of carbonyl (C=O) groups is 1. The lowest BCUT2D eigenvalue weighted by molar-refractivity contribution is 0.0759. The quantitative estimate of drug-likeness (QED) is 0.829. The zero-order valence-electron chi connectivity index (χ0n) is 12.8. The van der Waals surface area contributed by atoms with Gasteiger partial charge >= 0.3 is 0 Å². The van der Waals surface area contributed by atoms with Crippen LogP contribution in [-0.4, -0.2) is 23.1 Å². The number of halogens is 2. The third-order valence-corrected chi connectivity index (χ3v) is 5.23. The highest BCUT2D eigenvalue weighted by Gasteiger charge is 2.33. The van der Waals surface area contributed by atoms with Crippen molar-refractivity contribution < 1.29 is 13.6 Å². The maximum atomic E-state index is 14.0. The molecule has 0 spiro atoms. The molecule has 0 aromatic heterocycles. The van der Waals surface area contributed by atoms with Crippen molar-refractivity contribution in [1.29, 1.82) is 0 Å². The summed E-state index contributed by atoms with van der Waals surface area (Å²) in [7, 11) is 0. The number of amides is 1. The van der Waals surface area contributed by atoms with Gasteiger partial charge in [0.25, 0.3) is 5.91 Å². The summed E-state index contributed by atoms with van der Waals surface area (Å²) in [5.74, 6) is -0.600. The third-order valence-electron chi connectivity index (χ3n) is 3.99. The fourth-order valence-corrected chi connectivity index (χ4v) is 3.96. The number of benzene rings is 2. The van der Waals surface area contributed by atoms with E-state index in [-0.39, 0.29) is 5.91 Å². The van der Waals surface area contributed by atoms with Crippen molar-refractivity contribution in [3.8, 4) is 0 Å². The Kier molecular flexibility index (Phi) is 4.66. The number of thioether (sulfide) groups is 1. The standard InChI is InChI=1S/C18H17F2NOS/c1-2-12-3-5-13(6-4-12)17(22)21-9-10-23-18(21)15-8-7-14(19)11-16(15)20/h3-8,11,18H,2,9-10H2,1H3/t18-/m1/s1. The molecule has 1 fully saturated rings. The van der Waals surface area contributed by atoms with Gasteiger partial charge in [0.2, 0.25) is 0 Å². The van der Waals surface area contributed by atoms with E-state index >= 15 is 0 Å². The van der Waals surface area contributed by atoms with E-state index in [1.165, 1.54) is 29.5 Å². The minimum atomic E-state index is -0.609. The maximum absolute atomic E-state index is 14.0. The van der Waals surface area contributed by atoms with Gasteiger partial charge in [-0.3, -0.25) is 4.79 Å². The molecule has 1 aliphatic rings. The molecule has 23 heavy (non-hydrogen) atoms. The molecule has 0 aliphatic carbocycles. The van der Waals surface area contributed by atoms with E-state index in [0.29, 0.717) is 17.7 Å². The summed E-state index contributed by atoms with van der Waals surface area (Å²) in [4.78, 5) is 14.4. The Morgan fingerprint density at radius 2 is 1.96 bits per heavy atom. The molecule has 0 N–H and O–H groups in total. The van der Waals surface area contributed by atoms with Gasteiger partial charge in [-0.1, -0.05) is 25.1 Å². The van der Waals surface area contributed by atoms with Crippen LogP contribution in [0.1, 0.15) is 33.8 Å². The second kappa shape index (κ2) is 6.71. The van der Waals surface area contributed by atoms with Gasteiger partial charge in [-0.2, -0.15) is 0 Å². The molecule has 5 heteroatoms. The number of hydrogen-bond donors (Lipinski definition) is 0. The average Bonchev–Trinajstić information content (AvgIpc) is 3.03. The molecule has 2 nitrogen and oxygen atoms in total. The Bertz CT molecular complexity index is 717. The van der Waals surface area contributed by atoms with Gasteiger partial charge in [0, 0.05) is 29.5 Å². The molecule has 120 valence electrons. The molecule has 1 aliphatic heterocycles. The first-order chi connectivity index (χ1) is 11.1. The van der Waals surface area contributed by atoms with Crippen molar-refractivity contribution in [2.45, 2.75) is 18.7 Å². The van der Waals surface area contributed by atoms with Crippen LogP contribution in [0.5, 0.6) is 0 Å². The molecular weight excluding hydrogens is 316 g/mol. The Labute approximate surface area is 138 Å². The lowest BCUT2D eigenvalue weighted by Crippen LogP contribution is -2.30. The first-order valence-electron chi connectivity index (χ1n) is 7.56. The van der Waals surface area contributed by atoms with E-state index in [1.807, 2.05) is 24.3 Å². The number of hydrogen-bond acceptors (Lipinski definition) is 2. The highest BCUT2D eigenvalue weighted by molar-refractivity contribution is 7.99. The Morgan fingerprint density at radius 1 is 1.22 bits per heavy atom. The monoisotopic (exact) mass is 333 g/mol. The summed E-state index contributed by atoms with van der Waals surface area (Å²) < 4.78 is 27.1. The van der Waals surface area contributed by atoms with Crippen molar-refractivity contribution in [2.75, 3.05) is 12.3 Å². The summed E-state index contributed by atoms with van der Waals surface area (Å²) >= 11 is 1.50. The molecule has 2 aromatic carbocycles. The normalized spacial score (nSPS) is 17.5. The van der Waals surface area contributed by atoms with Gasteiger partial charge in [0.1, 0.15) is 17.0 Å². The molecule has 3 rings (SSSR count). The fraction of sp³-hybridized carbons (Fsp3) is 0.278. The molecule has 0 bridgehead atoms. The van der Waals surface area contributed by atoms with Crippen LogP contribution in [0.15, 0.2) is 42.5 Å². The van der Waals surface area contributed by atoms with E-state index in [1.54, 1.807) is 4.90 Å². The highest BCUT2D eigenvalue weighted by atomic mass is 32.2. The van der Waals surface area contributed by atoms with E-state index in [2.05, 4.69) is 6.92 Å². The van der Waals surface area contributed by atoms with Crippen LogP contribution in [0.3, 0.4) is 0 Å². The van der Waals surface area contributed by atoms with Crippen LogP contribution in [-0.2, 0) is 6.42 Å². The van der Waals surface area contributed by atoms with Crippen LogP contribution in [0.25, 0.3) is 0 Å². The van der Waals surface area contributed by atoms with Crippen LogP contribution in [0, 0.1) is 11.6 Å². The molecule has 0 saturated carbocycles. The zero-order valence-corrected chi connectivity index (χ0v) is 13.6. The van der Waals surface area contributed by atoms with Crippen molar-refractivity contribution in [2.24, 2.45) is 0 Å². The average molecular weight is 333 g/mol. The molecule has 2 aromatic rings. The predicted molar refractivity (Wildman–Crippen MR) is 88.4 cm³/mol. The second-order valence-electron chi connectivity index (χ2n) is 5.44. The number of nitrogens with zero attached hydrogens (tertiary/aromatic N) is 1. The molecule has 0 radical (unpaired) electrons. The summed E-state index contributed by atoms with van der Waals surface area (Å²) in [6.45, 7) is 2.61. The highest BCUT2D eigenvalue weighted by Crippen LogP contribution is 2.39. The molecule has 1 amide bonds. The maximum Gasteiger partial charge on any atom is 0.255 e. The zero-order chi connectivity index (χ0) is 16.4. The van der Waals surface area contributed by atoms with Crippen molar-refractivity contribution in [1.82, 2.24) is 4.90 Å². The fourth-order valence-electron chi connectivity index (χ4n) is 2.69. The van der Waals surface area contributed by atoms with Gasteiger partial charge in [0.05, 0.1) is 0 Å². The molecule has 1 heterocycles. The third kappa shape index (κ3) is 3.24. The van der Waals surface area contributed by atoms with Crippen LogP contribution in [0.4, 0.5) is 8.78 Å². The van der Waals surface area contributed by atoms with Crippen LogP contribution < -0.4 is 0 Å². The lowest BCUT2D eigenvalue weighted by atomic mass is 10.1. The topological polar surface area (TPSA) is 20.3 Å². The first kappa shape index (κ1) is 16.0. The van der Waals surface area contributed by atoms with Crippen LogP contribution in [0.2, 0.25) is 0 Å². The Morgan fingerprint density at radius 3 is 2.61 bits per heavy atom. The van der Waals surface area contributed by atoms with Crippen molar-refractivity contribution >= 4 is 17.7 Å². The molecule has 1 saturated heterocycles. The van der Waals surface area contributed by atoms with Gasteiger partial charge in [0.15, 0.2) is 0 Å². The predicted octanol–water partition coefficient (Wildman–Crippen LogP) is 4.42. The smallest absolute Gasteiger partial charge is 0.255 e. The van der Waals surface area contributed by atoms with E-state index in [9.17, 15) is 13.6 Å². The van der Waals surface area contributed by atoms with Gasteiger partial charge in [-0.15, -0.1) is 11.8 Å². The Balaban J connectivity index is 1.86. The number of carbonyl (C=O) groups excluding carboxylic acids is 1. The molecular formula is C18H17F2NOS. The first-order valence-corrected chi connectivity index (χ1v) is 8.61. The van der Waals surface area contributed by atoms with Gasteiger partial charge in [-0.05, 0) is 30.2 Å². The van der Waals surface area contributed by atoms with Crippen LogP contribution >= 0.6 is 11.8 Å². The Hall–Kier alpha value is -1.88. The minimum absolute atomic E-state index is 0.119. The van der Waals surface area contributed by atoms with Gasteiger partial charge < -0.3 is 4.90 Å². The number of rotatable bonds is 3. The largest absolute Gasteiger partial charge is 0.322 e. The lowest BCUT2D eigenvalue weighted by Gasteiger charge is -2.24.